The SMILES string of the molecule is C=c1cccc[n+]1=CCC. The summed E-state index contributed by atoms with van der Waals surface area (Å²) in [4.78, 5) is 0. The van der Waals surface area contributed by atoms with Gasteiger partial charge in [-0.25, -0.2) is 0 Å². The second kappa shape index (κ2) is 3.16. The summed E-state index contributed by atoms with van der Waals surface area (Å²) in [5.74, 6) is 0. The fourth-order valence-corrected chi connectivity index (χ4v) is 0.866. The average molecular weight is 134 g/mol. The van der Waals surface area contributed by atoms with Gasteiger partial charge in [0, 0.05) is 18.6 Å². The molecule has 0 aromatic carbocycles. The minimum absolute atomic E-state index is 1.03. The molecule has 0 atom stereocenters. The minimum Gasteiger partial charge on any atom is -0.172 e. The van der Waals surface area contributed by atoms with E-state index in [0.29, 0.717) is 0 Å². The van der Waals surface area contributed by atoms with Gasteiger partial charge < -0.3 is 0 Å². The van der Waals surface area contributed by atoms with E-state index >= 15 is 0 Å². The van der Waals surface area contributed by atoms with Gasteiger partial charge >= 0.3 is 0 Å². The molecular formula is C9H12N+. The molecule has 1 aromatic heterocycles. The van der Waals surface area contributed by atoms with Gasteiger partial charge in [-0.3, -0.25) is 0 Å². The van der Waals surface area contributed by atoms with E-state index in [0.717, 1.165) is 11.8 Å². The molecule has 0 saturated heterocycles. The van der Waals surface area contributed by atoms with Crippen LogP contribution in [0.15, 0.2) is 24.4 Å². The number of aromatic nitrogens is 1. The van der Waals surface area contributed by atoms with Crippen LogP contribution in [0.5, 0.6) is 0 Å². The Morgan fingerprint density at radius 2 is 2.40 bits per heavy atom. The van der Waals surface area contributed by atoms with E-state index in [-0.39, 0.29) is 0 Å². The van der Waals surface area contributed by atoms with Crippen LogP contribution in [-0.2, 0) is 0 Å². The predicted octanol–water partition coefficient (Wildman–Crippen LogP) is 0.804. The third-order valence-electron chi connectivity index (χ3n) is 1.36. The van der Waals surface area contributed by atoms with Crippen molar-refractivity contribution in [2.45, 2.75) is 13.3 Å². The molecule has 0 aliphatic carbocycles. The van der Waals surface area contributed by atoms with Crippen molar-refractivity contribution in [3.05, 3.63) is 36.0 Å². The number of rotatable bonds is 1. The summed E-state index contributed by atoms with van der Waals surface area (Å²) in [5.41, 5.74) is 0. The third-order valence-corrected chi connectivity index (χ3v) is 1.36. The molecule has 0 spiro atoms. The van der Waals surface area contributed by atoms with Gasteiger partial charge in [0.25, 0.3) is 0 Å². The quantitative estimate of drug-likeness (QED) is 0.501. The molecule has 0 unspecified atom stereocenters. The lowest BCUT2D eigenvalue weighted by atomic mass is 10.4. The maximum atomic E-state index is 3.87. The summed E-state index contributed by atoms with van der Waals surface area (Å²) in [6, 6.07) is 5.98. The molecule has 0 fully saturated rings. The Hall–Kier alpha value is -1.11. The Balaban J connectivity index is 3.29. The number of pyridine rings is 1. The molecule has 0 aliphatic heterocycles. The average Bonchev–Trinajstić information content (AvgIpc) is 1.94. The van der Waals surface area contributed by atoms with Crippen LogP contribution in [0.25, 0.3) is 6.58 Å². The molecule has 52 valence electrons. The smallest absolute Gasteiger partial charge is 0.172 e. The van der Waals surface area contributed by atoms with Gasteiger partial charge in [-0.15, -0.1) is 0 Å². The molecule has 1 heterocycles. The van der Waals surface area contributed by atoms with Crippen LogP contribution in [0.4, 0.5) is 0 Å². The molecule has 1 rings (SSSR count). The summed E-state index contributed by atoms with van der Waals surface area (Å²) >= 11 is 0. The van der Waals surface area contributed by atoms with Crippen LogP contribution in [0.1, 0.15) is 13.3 Å². The normalized spacial score (nSPS) is 11.9. The van der Waals surface area contributed by atoms with Crippen LogP contribution in [-0.4, -0.2) is 0 Å². The van der Waals surface area contributed by atoms with Crippen molar-refractivity contribution < 1.29 is 4.24 Å². The van der Waals surface area contributed by atoms with Gasteiger partial charge in [-0.1, -0.05) is 6.92 Å². The maximum absolute atomic E-state index is 3.87. The van der Waals surface area contributed by atoms with Gasteiger partial charge in [0.05, 0.1) is 0 Å². The first kappa shape index (κ1) is 7.00. The highest BCUT2D eigenvalue weighted by Crippen LogP contribution is 1.69. The summed E-state index contributed by atoms with van der Waals surface area (Å²) in [6.07, 6.45) is 5.14. The minimum atomic E-state index is 1.03. The lowest BCUT2D eigenvalue weighted by Crippen LogP contribution is -2.34. The van der Waals surface area contributed by atoms with E-state index in [1.165, 1.54) is 0 Å². The first-order valence-corrected chi connectivity index (χ1v) is 3.50. The molecule has 1 aromatic rings. The Labute approximate surface area is 61.0 Å². The van der Waals surface area contributed by atoms with Crippen molar-refractivity contribution in [3.8, 4) is 0 Å². The van der Waals surface area contributed by atoms with Gasteiger partial charge in [-0.05, 0) is 12.6 Å². The van der Waals surface area contributed by atoms with Crippen molar-refractivity contribution in [2.24, 2.45) is 0 Å². The summed E-state index contributed by atoms with van der Waals surface area (Å²) in [6.45, 7) is 5.98. The molecule has 1 nitrogen and oxygen atoms in total. The second-order valence-corrected chi connectivity index (χ2v) is 2.19. The number of hydrogen-bond donors (Lipinski definition) is 0. The number of nitrogens with zero attached hydrogens (tertiary/aromatic N) is 1. The lowest BCUT2D eigenvalue weighted by molar-refractivity contribution is -0.525. The van der Waals surface area contributed by atoms with Crippen LogP contribution in [0, 0.1) is 6.21 Å². The van der Waals surface area contributed by atoms with Gasteiger partial charge in [0.1, 0.15) is 0 Å². The summed E-state index contributed by atoms with van der Waals surface area (Å²) < 4.78 is 2.03. The van der Waals surface area contributed by atoms with Crippen LogP contribution in [0.3, 0.4) is 0 Å². The predicted molar refractivity (Wildman–Crippen MR) is 41.8 cm³/mol. The molecule has 0 N–H and O–H groups in total. The number of hydrogen-bond acceptors (Lipinski definition) is 0. The van der Waals surface area contributed by atoms with Gasteiger partial charge in [-0.2, -0.15) is 4.24 Å². The summed E-state index contributed by atoms with van der Waals surface area (Å²) in [7, 11) is 0. The van der Waals surface area contributed by atoms with Crippen LogP contribution in [0.2, 0.25) is 0 Å². The first-order valence-electron chi connectivity index (χ1n) is 3.50. The van der Waals surface area contributed by atoms with Gasteiger partial charge in [0.2, 0.25) is 5.35 Å². The van der Waals surface area contributed by atoms with E-state index in [2.05, 4.69) is 19.7 Å². The molecule has 0 amide bonds. The summed E-state index contributed by atoms with van der Waals surface area (Å²) in [5, 5.41) is 1.03. The third kappa shape index (κ3) is 1.44. The molecule has 0 saturated carbocycles. The van der Waals surface area contributed by atoms with E-state index in [4.69, 9.17) is 0 Å². The van der Waals surface area contributed by atoms with Crippen molar-refractivity contribution >= 4 is 6.58 Å². The monoisotopic (exact) mass is 134 g/mol. The Morgan fingerprint density at radius 3 is 3.00 bits per heavy atom. The van der Waals surface area contributed by atoms with E-state index < -0.39 is 0 Å². The zero-order chi connectivity index (χ0) is 7.40. The van der Waals surface area contributed by atoms with Crippen molar-refractivity contribution in [2.75, 3.05) is 0 Å². The highest BCUT2D eigenvalue weighted by molar-refractivity contribution is 4.94. The largest absolute Gasteiger partial charge is 0.203 e. The second-order valence-electron chi connectivity index (χ2n) is 2.19. The van der Waals surface area contributed by atoms with Crippen molar-refractivity contribution in [1.29, 1.82) is 0 Å². The fourth-order valence-electron chi connectivity index (χ4n) is 0.866. The van der Waals surface area contributed by atoms with E-state index in [1.54, 1.807) is 0 Å². The zero-order valence-corrected chi connectivity index (χ0v) is 6.25. The maximum Gasteiger partial charge on any atom is 0.203 e. The molecule has 0 bridgehead atoms. The van der Waals surface area contributed by atoms with E-state index in [1.807, 2.05) is 28.6 Å². The van der Waals surface area contributed by atoms with Crippen molar-refractivity contribution in [3.63, 3.8) is 0 Å². The zero-order valence-electron chi connectivity index (χ0n) is 6.25. The Morgan fingerprint density at radius 1 is 1.60 bits per heavy atom. The lowest BCUT2D eigenvalue weighted by Gasteiger charge is -1.78. The first-order chi connectivity index (χ1) is 4.84. The standard InChI is InChI=1S/C9H12N/c1-3-7-10-8-5-4-6-9(10)2/h4-8H,2-3H2,1H3/q+1. The highest BCUT2D eigenvalue weighted by Gasteiger charge is 1.85. The van der Waals surface area contributed by atoms with Crippen LogP contribution >= 0.6 is 0 Å². The molecule has 0 radical (unpaired) electrons. The molecule has 0 aliphatic rings. The Bertz CT molecular complexity index is 301. The van der Waals surface area contributed by atoms with Crippen LogP contribution < -0.4 is 9.59 Å². The van der Waals surface area contributed by atoms with E-state index in [9.17, 15) is 0 Å². The molecular weight excluding hydrogens is 122 g/mol. The topological polar surface area (TPSA) is 5.90 Å². The molecule has 10 heavy (non-hydrogen) atoms. The van der Waals surface area contributed by atoms with Gasteiger partial charge in [0.15, 0.2) is 12.4 Å². The molecule has 1 heteroatoms. The highest BCUT2D eigenvalue weighted by atomic mass is 14.8. The fraction of sp³-hybridized carbons (Fsp3) is 0.222. The Kier molecular flexibility index (Phi) is 2.21. The van der Waals surface area contributed by atoms with Crippen molar-refractivity contribution in [1.82, 2.24) is 0 Å².